The van der Waals surface area contributed by atoms with Gasteiger partial charge in [0.15, 0.2) is 0 Å². The predicted octanol–water partition coefficient (Wildman–Crippen LogP) is 1.63. The topological polar surface area (TPSA) is 27.0 Å². The maximum absolute atomic E-state index is 8.63. The van der Waals surface area contributed by atoms with Gasteiger partial charge in [0.05, 0.1) is 12.5 Å². The molecule has 1 aliphatic heterocycles. The van der Waals surface area contributed by atoms with Crippen molar-refractivity contribution < 1.29 is 0 Å². The third-order valence-electron chi connectivity index (χ3n) is 3.32. The second-order valence-corrected chi connectivity index (χ2v) is 4.13. The zero-order chi connectivity index (χ0) is 8.55. The van der Waals surface area contributed by atoms with Crippen molar-refractivity contribution in [3.05, 3.63) is 0 Å². The van der Waals surface area contributed by atoms with E-state index in [0.717, 1.165) is 24.7 Å². The first-order valence-electron chi connectivity index (χ1n) is 4.96. The molecule has 0 N–H and O–H groups in total. The summed E-state index contributed by atoms with van der Waals surface area (Å²) >= 11 is 0. The highest BCUT2D eigenvalue weighted by atomic mass is 15.2. The van der Waals surface area contributed by atoms with Gasteiger partial charge < -0.3 is 0 Å². The van der Waals surface area contributed by atoms with Gasteiger partial charge in [0.25, 0.3) is 0 Å². The van der Waals surface area contributed by atoms with Gasteiger partial charge in [-0.25, -0.2) is 0 Å². The van der Waals surface area contributed by atoms with E-state index in [4.69, 9.17) is 5.26 Å². The van der Waals surface area contributed by atoms with Gasteiger partial charge in [-0.15, -0.1) is 0 Å². The normalized spacial score (nSPS) is 35.7. The molecule has 2 heteroatoms. The number of hydrogen-bond acceptors (Lipinski definition) is 2. The standard InChI is InChI=1S/C10H16N2/c1-2-10(3-4-11)12-6-8-5-9(8)7-12/h8-10H,2-3,5-7H2,1H3. The minimum atomic E-state index is 0.544. The Kier molecular flexibility index (Phi) is 2.06. The van der Waals surface area contributed by atoms with Crippen LogP contribution in [0, 0.1) is 23.2 Å². The number of nitrogens with zero attached hydrogens (tertiary/aromatic N) is 2. The molecule has 1 heterocycles. The molecule has 1 saturated carbocycles. The maximum Gasteiger partial charge on any atom is 0.0638 e. The minimum absolute atomic E-state index is 0.544. The van der Waals surface area contributed by atoms with Crippen LogP contribution in [0.25, 0.3) is 0 Å². The molecule has 0 bridgehead atoms. The van der Waals surface area contributed by atoms with Crippen LogP contribution in [-0.4, -0.2) is 24.0 Å². The summed E-state index contributed by atoms with van der Waals surface area (Å²) in [6, 6.07) is 2.83. The summed E-state index contributed by atoms with van der Waals surface area (Å²) in [5.41, 5.74) is 0. The predicted molar refractivity (Wildman–Crippen MR) is 47.5 cm³/mol. The van der Waals surface area contributed by atoms with Crippen LogP contribution in [0.5, 0.6) is 0 Å². The lowest BCUT2D eigenvalue weighted by Crippen LogP contribution is -2.33. The molecular weight excluding hydrogens is 148 g/mol. The van der Waals surface area contributed by atoms with Crippen LogP contribution in [0.2, 0.25) is 0 Å². The Morgan fingerprint density at radius 2 is 2.17 bits per heavy atom. The summed E-state index contributed by atoms with van der Waals surface area (Å²) < 4.78 is 0. The van der Waals surface area contributed by atoms with E-state index in [-0.39, 0.29) is 0 Å². The van der Waals surface area contributed by atoms with Crippen LogP contribution in [0.15, 0.2) is 0 Å². The van der Waals surface area contributed by atoms with Crippen LogP contribution < -0.4 is 0 Å². The van der Waals surface area contributed by atoms with Gasteiger partial charge in [-0.05, 0) is 24.7 Å². The monoisotopic (exact) mass is 164 g/mol. The van der Waals surface area contributed by atoms with Crippen molar-refractivity contribution in [3.63, 3.8) is 0 Å². The molecule has 12 heavy (non-hydrogen) atoms. The van der Waals surface area contributed by atoms with Crippen molar-refractivity contribution in [3.8, 4) is 6.07 Å². The van der Waals surface area contributed by atoms with E-state index in [1.165, 1.54) is 19.5 Å². The highest BCUT2D eigenvalue weighted by molar-refractivity contribution is 4.99. The Hall–Kier alpha value is -0.550. The molecule has 1 aliphatic carbocycles. The third-order valence-corrected chi connectivity index (χ3v) is 3.32. The first kappa shape index (κ1) is 8.07. The summed E-state index contributed by atoms with van der Waals surface area (Å²) in [7, 11) is 0. The number of rotatable bonds is 3. The molecule has 0 spiro atoms. The van der Waals surface area contributed by atoms with Gasteiger partial charge in [0.2, 0.25) is 0 Å². The molecule has 0 aromatic rings. The van der Waals surface area contributed by atoms with Crippen molar-refractivity contribution in [2.24, 2.45) is 11.8 Å². The number of piperidine rings is 1. The van der Waals surface area contributed by atoms with Crippen LogP contribution >= 0.6 is 0 Å². The van der Waals surface area contributed by atoms with E-state index in [0.29, 0.717) is 6.04 Å². The SMILES string of the molecule is CCC(CC#N)N1CC2CC2C1. The highest BCUT2D eigenvalue weighted by Gasteiger charge is 2.46. The number of likely N-dealkylation sites (tertiary alicyclic amines) is 1. The van der Waals surface area contributed by atoms with Gasteiger partial charge in [0.1, 0.15) is 0 Å². The Morgan fingerprint density at radius 1 is 1.50 bits per heavy atom. The summed E-state index contributed by atoms with van der Waals surface area (Å²) in [6.45, 7) is 4.72. The number of fused-ring (bicyclic) bond motifs is 1. The molecule has 3 atom stereocenters. The third kappa shape index (κ3) is 1.34. The molecule has 2 rings (SSSR count). The highest BCUT2D eigenvalue weighted by Crippen LogP contribution is 2.45. The lowest BCUT2D eigenvalue weighted by molar-refractivity contribution is 0.216. The summed E-state index contributed by atoms with van der Waals surface area (Å²) in [5.74, 6) is 2.00. The molecule has 1 saturated heterocycles. The first-order chi connectivity index (χ1) is 5.85. The Balaban J connectivity index is 1.86. The zero-order valence-corrected chi connectivity index (χ0v) is 7.66. The second-order valence-electron chi connectivity index (χ2n) is 4.13. The smallest absolute Gasteiger partial charge is 0.0638 e. The van der Waals surface area contributed by atoms with Gasteiger partial charge in [0, 0.05) is 19.1 Å². The van der Waals surface area contributed by atoms with Crippen LogP contribution in [0.1, 0.15) is 26.2 Å². The van der Waals surface area contributed by atoms with E-state index >= 15 is 0 Å². The van der Waals surface area contributed by atoms with Crippen LogP contribution in [-0.2, 0) is 0 Å². The molecule has 2 nitrogen and oxygen atoms in total. The fourth-order valence-corrected chi connectivity index (χ4v) is 2.37. The van der Waals surface area contributed by atoms with E-state index in [9.17, 15) is 0 Å². The Morgan fingerprint density at radius 3 is 2.67 bits per heavy atom. The summed E-state index contributed by atoms with van der Waals surface area (Å²) in [6.07, 6.45) is 3.31. The lowest BCUT2D eigenvalue weighted by Gasteiger charge is -2.25. The average molecular weight is 164 g/mol. The first-order valence-corrected chi connectivity index (χ1v) is 4.96. The average Bonchev–Trinajstić information content (AvgIpc) is 2.70. The second kappa shape index (κ2) is 3.06. The maximum atomic E-state index is 8.63. The van der Waals surface area contributed by atoms with Crippen molar-refractivity contribution in [1.82, 2.24) is 4.90 Å². The number of hydrogen-bond donors (Lipinski definition) is 0. The molecule has 0 aromatic carbocycles. The van der Waals surface area contributed by atoms with E-state index in [1.807, 2.05) is 0 Å². The van der Waals surface area contributed by atoms with Crippen molar-refractivity contribution in [2.45, 2.75) is 32.2 Å². The fraction of sp³-hybridized carbons (Fsp3) is 0.900. The van der Waals surface area contributed by atoms with Crippen LogP contribution in [0.3, 0.4) is 0 Å². The summed E-state index contributed by atoms with van der Waals surface area (Å²) in [5, 5.41) is 8.63. The molecule has 2 fully saturated rings. The van der Waals surface area contributed by atoms with E-state index in [1.54, 1.807) is 0 Å². The molecular formula is C10H16N2. The minimum Gasteiger partial charge on any atom is -0.299 e. The van der Waals surface area contributed by atoms with Gasteiger partial charge >= 0.3 is 0 Å². The van der Waals surface area contributed by atoms with Gasteiger partial charge in [-0.1, -0.05) is 6.92 Å². The summed E-state index contributed by atoms with van der Waals surface area (Å²) in [4.78, 5) is 2.52. The van der Waals surface area contributed by atoms with E-state index < -0.39 is 0 Å². The molecule has 3 unspecified atom stereocenters. The van der Waals surface area contributed by atoms with E-state index in [2.05, 4.69) is 17.9 Å². The number of nitriles is 1. The fourth-order valence-electron chi connectivity index (χ4n) is 2.37. The molecule has 0 amide bonds. The quantitative estimate of drug-likeness (QED) is 0.634. The molecule has 0 aromatic heterocycles. The van der Waals surface area contributed by atoms with Crippen LogP contribution in [0.4, 0.5) is 0 Å². The lowest BCUT2D eigenvalue weighted by atomic mass is 10.1. The Labute approximate surface area is 74.2 Å². The van der Waals surface area contributed by atoms with Crippen molar-refractivity contribution in [1.29, 1.82) is 5.26 Å². The zero-order valence-electron chi connectivity index (χ0n) is 7.66. The molecule has 66 valence electrons. The van der Waals surface area contributed by atoms with Gasteiger partial charge in [-0.3, -0.25) is 4.90 Å². The largest absolute Gasteiger partial charge is 0.299 e. The van der Waals surface area contributed by atoms with Crippen molar-refractivity contribution in [2.75, 3.05) is 13.1 Å². The Bertz CT molecular complexity index is 196. The molecule has 2 aliphatic rings. The van der Waals surface area contributed by atoms with Gasteiger partial charge in [-0.2, -0.15) is 5.26 Å². The van der Waals surface area contributed by atoms with Crippen molar-refractivity contribution >= 4 is 0 Å². The molecule has 0 radical (unpaired) electrons.